The lowest BCUT2D eigenvalue weighted by atomic mass is 10.2. The van der Waals surface area contributed by atoms with Crippen LogP contribution >= 0.6 is 0 Å². The summed E-state index contributed by atoms with van der Waals surface area (Å²) in [6, 6.07) is 0. The van der Waals surface area contributed by atoms with E-state index in [2.05, 4.69) is 4.90 Å². The zero-order chi connectivity index (χ0) is 9.10. The molecule has 0 aromatic heterocycles. The predicted molar refractivity (Wildman–Crippen MR) is 49.1 cm³/mol. The Kier molecular flexibility index (Phi) is 3.16. The van der Waals surface area contributed by atoms with Crippen LogP contribution in [0, 0.1) is 0 Å². The van der Waals surface area contributed by atoms with E-state index in [1.165, 1.54) is 12.8 Å². The van der Waals surface area contributed by atoms with Crippen LogP contribution in [0.2, 0.25) is 0 Å². The van der Waals surface area contributed by atoms with Gasteiger partial charge < -0.3 is 4.74 Å². The monoisotopic (exact) mass is 186 g/mol. The van der Waals surface area contributed by atoms with Crippen LogP contribution in [0.5, 0.6) is 0 Å². The second kappa shape index (κ2) is 4.37. The molecule has 0 aromatic rings. The lowest BCUT2D eigenvalue weighted by Gasteiger charge is -2.19. The molecule has 2 fully saturated rings. The smallest absolute Gasteiger partial charge is 0.0926 e. The zero-order valence-corrected chi connectivity index (χ0v) is 7.95. The maximum absolute atomic E-state index is 5.57. The minimum atomic E-state index is 0.237. The fourth-order valence-corrected chi connectivity index (χ4v) is 2.15. The van der Waals surface area contributed by atoms with Crippen molar-refractivity contribution in [3.8, 4) is 0 Å². The molecule has 13 heavy (non-hydrogen) atoms. The number of likely N-dealkylation sites (tertiary alicyclic amines) is 1. The van der Waals surface area contributed by atoms with Crippen LogP contribution in [0.1, 0.15) is 19.3 Å². The van der Waals surface area contributed by atoms with Gasteiger partial charge in [0, 0.05) is 26.2 Å². The molecule has 0 bridgehead atoms. The summed E-state index contributed by atoms with van der Waals surface area (Å²) in [4.78, 5) is 7.21. The summed E-state index contributed by atoms with van der Waals surface area (Å²) in [7, 11) is 0. The van der Waals surface area contributed by atoms with Crippen LogP contribution < -0.4 is 5.90 Å². The largest absolute Gasteiger partial charge is 0.377 e. The second-order valence-electron chi connectivity index (χ2n) is 3.94. The van der Waals surface area contributed by atoms with Crippen LogP contribution in [-0.4, -0.2) is 43.3 Å². The van der Waals surface area contributed by atoms with Crippen molar-refractivity contribution in [2.45, 2.75) is 31.5 Å². The van der Waals surface area contributed by atoms with Crippen molar-refractivity contribution in [3.05, 3.63) is 0 Å². The van der Waals surface area contributed by atoms with Gasteiger partial charge in [-0.2, -0.15) is 0 Å². The van der Waals surface area contributed by atoms with Crippen LogP contribution in [0.25, 0.3) is 0 Å². The fraction of sp³-hybridized carbons (Fsp3) is 1.00. The average Bonchev–Trinajstić information content (AvgIpc) is 2.76. The van der Waals surface area contributed by atoms with Gasteiger partial charge in [0.1, 0.15) is 0 Å². The summed E-state index contributed by atoms with van der Waals surface area (Å²) in [5.74, 6) is 5.15. The maximum atomic E-state index is 5.57. The van der Waals surface area contributed by atoms with Crippen molar-refractivity contribution in [2.75, 3.05) is 26.2 Å². The van der Waals surface area contributed by atoms with Gasteiger partial charge >= 0.3 is 0 Å². The molecule has 0 radical (unpaired) electrons. The van der Waals surface area contributed by atoms with Gasteiger partial charge in [-0.1, -0.05) is 0 Å². The van der Waals surface area contributed by atoms with Gasteiger partial charge in [-0.05, 0) is 19.3 Å². The third-order valence-electron chi connectivity index (χ3n) is 2.91. The molecule has 0 spiro atoms. The first-order chi connectivity index (χ1) is 6.38. The summed E-state index contributed by atoms with van der Waals surface area (Å²) >= 11 is 0. The van der Waals surface area contributed by atoms with E-state index in [1.54, 1.807) is 0 Å². The highest BCUT2D eigenvalue weighted by atomic mass is 16.6. The first-order valence-electron chi connectivity index (χ1n) is 5.08. The fourth-order valence-electron chi connectivity index (χ4n) is 2.15. The van der Waals surface area contributed by atoms with E-state index in [9.17, 15) is 0 Å². The normalized spacial score (nSPS) is 35.8. The van der Waals surface area contributed by atoms with Crippen molar-refractivity contribution >= 4 is 0 Å². The van der Waals surface area contributed by atoms with Gasteiger partial charge in [-0.3, -0.25) is 9.74 Å². The maximum Gasteiger partial charge on any atom is 0.0926 e. The summed E-state index contributed by atoms with van der Waals surface area (Å²) < 4.78 is 5.57. The first-order valence-corrected chi connectivity index (χ1v) is 5.08. The topological polar surface area (TPSA) is 47.7 Å². The number of hydrogen-bond acceptors (Lipinski definition) is 4. The first kappa shape index (κ1) is 9.40. The highest BCUT2D eigenvalue weighted by molar-refractivity contribution is 4.79. The van der Waals surface area contributed by atoms with Crippen LogP contribution in [0.15, 0.2) is 0 Å². The third-order valence-corrected chi connectivity index (χ3v) is 2.91. The van der Waals surface area contributed by atoms with E-state index in [0.717, 1.165) is 32.7 Å². The molecule has 0 aromatic carbocycles. The number of rotatable bonds is 3. The molecule has 2 aliphatic heterocycles. The number of nitrogens with zero attached hydrogens (tertiary/aromatic N) is 1. The molecule has 4 heteroatoms. The summed E-state index contributed by atoms with van der Waals surface area (Å²) in [5, 5.41) is 0. The molecule has 0 saturated carbocycles. The predicted octanol–water partition coefficient (Wildman–Crippen LogP) is 0.130. The van der Waals surface area contributed by atoms with Gasteiger partial charge in [0.15, 0.2) is 0 Å². The Balaban J connectivity index is 1.70. The Morgan fingerprint density at radius 3 is 3.00 bits per heavy atom. The van der Waals surface area contributed by atoms with E-state index in [-0.39, 0.29) is 6.10 Å². The third kappa shape index (κ3) is 2.40. The molecule has 0 amide bonds. The number of hydrogen-bond donors (Lipinski definition) is 1. The minimum Gasteiger partial charge on any atom is -0.377 e. The standard InChI is InChI=1S/C9H18N2O2/c10-13-9-3-4-11(7-9)6-8-2-1-5-12-8/h8-9H,1-7,10H2. The quantitative estimate of drug-likeness (QED) is 0.636. The van der Waals surface area contributed by atoms with Crippen molar-refractivity contribution in [3.63, 3.8) is 0 Å². The van der Waals surface area contributed by atoms with Gasteiger partial charge in [-0.25, -0.2) is 5.90 Å². The van der Waals surface area contributed by atoms with E-state index >= 15 is 0 Å². The van der Waals surface area contributed by atoms with Gasteiger partial charge in [0.2, 0.25) is 0 Å². The van der Waals surface area contributed by atoms with E-state index < -0.39 is 0 Å². The van der Waals surface area contributed by atoms with E-state index in [1.807, 2.05) is 0 Å². The van der Waals surface area contributed by atoms with Crippen molar-refractivity contribution in [1.29, 1.82) is 0 Å². The summed E-state index contributed by atoms with van der Waals surface area (Å²) in [6.45, 7) is 4.06. The average molecular weight is 186 g/mol. The summed E-state index contributed by atoms with van der Waals surface area (Å²) in [5.41, 5.74) is 0. The van der Waals surface area contributed by atoms with Crippen LogP contribution in [0.3, 0.4) is 0 Å². The molecule has 2 atom stereocenters. The molecule has 0 aliphatic carbocycles. The Hall–Kier alpha value is -0.160. The molecular formula is C9H18N2O2. The van der Waals surface area contributed by atoms with E-state index in [4.69, 9.17) is 15.5 Å². The lowest BCUT2D eigenvalue weighted by Crippen LogP contribution is -2.31. The Labute approximate surface area is 78.9 Å². The molecule has 2 rings (SSSR count). The number of ether oxygens (including phenoxy) is 1. The highest BCUT2D eigenvalue weighted by Crippen LogP contribution is 2.17. The molecule has 2 aliphatic rings. The van der Waals surface area contributed by atoms with Crippen molar-refractivity contribution < 1.29 is 9.57 Å². The van der Waals surface area contributed by atoms with Gasteiger partial charge in [-0.15, -0.1) is 0 Å². The Morgan fingerprint density at radius 2 is 2.38 bits per heavy atom. The van der Waals surface area contributed by atoms with Crippen LogP contribution in [-0.2, 0) is 9.57 Å². The number of nitrogens with two attached hydrogens (primary N) is 1. The molecule has 4 nitrogen and oxygen atoms in total. The minimum absolute atomic E-state index is 0.237. The molecule has 2 N–H and O–H groups in total. The molecule has 76 valence electrons. The van der Waals surface area contributed by atoms with Gasteiger partial charge in [0.05, 0.1) is 12.2 Å². The Morgan fingerprint density at radius 1 is 1.46 bits per heavy atom. The van der Waals surface area contributed by atoms with E-state index in [0.29, 0.717) is 6.10 Å². The zero-order valence-electron chi connectivity index (χ0n) is 7.95. The second-order valence-corrected chi connectivity index (χ2v) is 3.94. The molecule has 2 saturated heterocycles. The Bertz CT molecular complexity index is 160. The SMILES string of the molecule is NOC1CCN(CC2CCCO2)C1. The molecule has 2 heterocycles. The lowest BCUT2D eigenvalue weighted by molar-refractivity contribution is 0.0472. The molecule has 2 unspecified atom stereocenters. The molecular weight excluding hydrogens is 168 g/mol. The summed E-state index contributed by atoms with van der Waals surface area (Å²) in [6.07, 6.45) is 4.18. The van der Waals surface area contributed by atoms with Crippen molar-refractivity contribution in [2.24, 2.45) is 5.90 Å². The van der Waals surface area contributed by atoms with Crippen molar-refractivity contribution in [1.82, 2.24) is 4.90 Å². The highest BCUT2D eigenvalue weighted by Gasteiger charge is 2.26. The van der Waals surface area contributed by atoms with Crippen LogP contribution in [0.4, 0.5) is 0 Å². The van der Waals surface area contributed by atoms with Gasteiger partial charge in [0.25, 0.3) is 0 Å².